The van der Waals surface area contributed by atoms with Gasteiger partial charge in [-0.15, -0.1) is 0 Å². The van der Waals surface area contributed by atoms with Gasteiger partial charge in [0.15, 0.2) is 0 Å². The lowest BCUT2D eigenvalue weighted by molar-refractivity contribution is -0.0498. The summed E-state index contributed by atoms with van der Waals surface area (Å²) in [5.41, 5.74) is 2.62. The minimum Gasteiger partial charge on any atom is -0.435 e. The molecular weight excluding hydrogens is 340 g/mol. The average Bonchev–Trinajstić information content (AvgIpc) is 3.16. The number of carbonyl (C=O) groups is 1. The standard InChI is InChI=1S/C19H21F2N3O2/c20-18(21)26-17-8-6-14(7-9-17)13-22-19(25)23-15-4-3-5-16(12-15)24-10-1-2-11-24/h3-9,12,18H,1-2,10-11,13H2,(H2,22,23,25). The number of carbonyl (C=O) groups excluding carboxylic acids is 1. The summed E-state index contributed by atoms with van der Waals surface area (Å²) < 4.78 is 28.5. The minimum atomic E-state index is -2.85. The van der Waals surface area contributed by atoms with E-state index in [1.54, 1.807) is 12.1 Å². The van der Waals surface area contributed by atoms with Crippen LogP contribution in [0.5, 0.6) is 5.75 Å². The smallest absolute Gasteiger partial charge is 0.387 e. The van der Waals surface area contributed by atoms with Gasteiger partial charge in [-0.25, -0.2) is 4.79 Å². The Hall–Kier alpha value is -2.83. The maximum Gasteiger partial charge on any atom is 0.387 e. The average molecular weight is 361 g/mol. The summed E-state index contributed by atoms with van der Waals surface area (Å²) in [7, 11) is 0. The molecular formula is C19H21F2N3O2. The Bertz CT molecular complexity index is 732. The van der Waals surface area contributed by atoms with E-state index >= 15 is 0 Å². The van der Waals surface area contributed by atoms with E-state index in [1.807, 2.05) is 24.3 Å². The van der Waals surface area contributed by atoms with Crippen LogP contribution in [0.2, 0.25) is 0 Å². The third-order valence-electron chi connectivity index (χ3n) is 4.18. The highest BCUT2D eigenvalue weighted by atomic mass is 19.3. The Morgan fingerprint density at radius 3 is 2.54 bits per heavy atom. The number of nitrogens with zero attached hydrogens (tertiary/aromatic N) is 1. The molecule has 2 aromatic rings. The summed E-state index contributed by atoms with van der Waals surface area (Å²) in [5, 5.41) is 5.56. The number of alkyl halides is 2. The highest BCUT2D eigenvalue weighted by molar-refractivity contribution is 5.89. The van der Waals surface area contributed by atoms with E-state index in [9.17, 15) is 13.6 Å². The summed E-state index contributed by atoms with van der Waals surface area (Å²) in [4.78, 5) is 14.4. The van der Waals surface area contributed by atoms with Gasteiger partial charge in [-0.3, -0.25) is 0 Å². The van der Waals surface area contributed by atoms with E-state index in [0.717, 1.165) is 30.0 Å². The molecule has 2 N–H and O–H groups in total. The predicted molar refractivity (Wildman–Crippen MR) is 96.8 cm³/mol. The van der Waals surface area contributed by atoms with E-state index in [4.69, 9.17) is 0 Å². The first-order chi connectivity index (χ1) is 12.6. The van der Waals surface area contributed by atoms with Crippen molar-refractivity contribution in [2.75, 3.05) is 23.3 Å². The maximum absolute atomic E-state index is 12.1. The zero-order valence-electron chi connectivity index (χ0n) is 14.3. The molecule has 1 fully saturated rings. The molecule has 2 amide bonds. The van der Waals surface area contributed by atoms with Crippen molar-refractivity contribution in [3.63, 3.8) is 0 Å². The Morgan fingerprint density at radius 2 is 1.85 bits per heavy atom. The number of hydrogen-bond acceptors (Lipinski definition) is 3. The number of halogens is 2. The van der Waals surface area contributed by atoms with Gasteiger partial charge in [0.25, 0.3) is 0 Å². The van der Waals surface area contributed by atoms with Crippen LogP contribution in [0.25, 0.3) is 0 Å². The molecule has 5 nitrogen and oxygen atoms in total. The lowest BCUT2D eigenvalue weighted by Crippen LogP contribution is -2.28. The third-order valence-corrected chi connectivity index (χ3v) is 4.18. The van der Waals surface area contributed by atoms with Crippen molar-refractivity contribution in [3.05, 3.63) is 54.1 Å². The van der Waals surface area contributed by atoms with Crippen LogP contribution in [0.4, 0.5) is 25.0 Å². The number of nitrogens with one attached hydrogen (secondary N) is 2. The van der Waals surface area contributed by atoms with Crippen molar-refractivity contribution >= 4 is 17.4 Å². The summed E-state index contributed by atoms with van der Waals surface area (Å²) in [6.45, 7) is -0.477. The second-order valence-electron chi connectivity index (χ2n) is 6.07. The van der Waals surface area contributed by atoms with Crippen LogP contribution in [0, 0.1) is 0 Å². The lowest BCUT2D eigenvalue weighted by atomic mass is 10.2. The molecule has 0 saturated carbocycles. The van der Waals surface area contributed by atoms with Gasteiger partial charge in [0, 0.05) is 31.0 Å². The first kappa shape index (κ1) is 18.0. The van der Waals surface area contributed by atoms with Crippen LogP contribution in [-0.4, -0.2) is 25.7 Å². The number of anilines is 2. The monoisotopic (exact) mass is 361 g/mol. The van der Waals surface area contributed by atoms with Crippen LogP contribution in [0.1, 0.15) is 18.4 Å². The molecule has 26 heavy (non-hydrogen) atoms. The van der Waals surface area contributed by atoms with E-state index in [0.29, 0.717) is 0 Å². The zero-order chi connectivity index (χ0) is 18.4. The maximum atomic E-state index is 12.1. The molecule has 2 aromatic carbocycles. The Labute approximate surface area is 151 Å². The number of amides is 2. The minimum absolute atomic E-state index is 0.0897. The summed E-state index contributed by atoms with van der Waals surface area (Å²) in [5.74, 6) is 0.0897. The largest absolute Gasteiger partial charge is 0.435 e. The van der Waals surface area contributed by atoms with Crippen molar-refractivity contribution in [2.45, 2.75) is 26.0 Å². The highest BCUT2D eigenvalue weighted by Gasteiger charge is 2.13. The van der Waals surface area contributed by atoms with Gasteiger partial charge in [-0.05, 0) is 48.7 Å². The number of benzene rings is 2. The molecule has 0 aromatic heterocycles. The van der Waals surface area contributed by atoms with Gasteiger partial charge < -0.3 is 20.3 Å². The van der Waals surface area contributed by atoms with Gasteiger partial charge in [0.2, 0.25) is 0 Å². The number of rotatable bonds is 6. The van der Waals surface area contributed by atoms with Crippen molar-refractivity contribution in [1.29, 1.82) is 0 Å². The normalized spacial score (nSPS) is 13.7. The number of hydrogen-bond donors (Lipinski definition) is 2. The first-order valence-corrected chi connectivity index (χ1v) is 8.54. The molecule has 7 heteroatoms. The fourth-order valence-corrected chi connectivity index (χ4v) is 2.90. The predicted octanol–water partition coefficient (Wildman–Crippen LogP) is 4.21. The fourth-order valence-electron chi connectivity index (χ4n) is 2.90. The molecule has 3 rings (SSSR count). The Balaban J connectivity index is 1.50. The molecule has 0 bridgehead atoms. The third kappa shape index (κ3) is 5.08. The van der Waals surface area contributed by atoms with E-state index in [2.05, 4.69) is 20.3 Å². The molecule has 1 heterocycles. The molecule has 1 aliphatic heterocycles. The quantitative estimate of drug-likeness (QED) is 0.810. The van der Waals surface area contributed by atoms with Crippen LogP contribution in [-0.2, 0) is 6.54 Å². The number of urea groups is 1. The molecule has 0 aliphatic carbocycles. The second kappa shape index (κ2) is 8.51. The highest BCUT2D eigenvalue weighted by Crippen LogP contribution is 2.23. The fraction of sp³-hybridized carbons (Fsp3) is 0.316. The molecule has 138 valence electrons. The van der Waals surface area contributed by atoms with E-state index < -0.39 is 6.61 Å². The second-order valence-corrected chi connectivity index (χ2v) is 6.07. The molecule has 0 spiro atoms. The summed E-state index contributed by atoms with van der Waals surface area (Å²) >= 11 is 0. The summed E-state index contributed by atoms with van der Waals surface area (Å²) in [6.07, 6.45) is 2.39. The van der Waals surface area contributed by atoms with Crippen LogP contribution >= 0.6 is 0 Å². The van der Waals surface area contributed by atoms with Gasteiger partial charge in [-0.1, -0.05) is 18.2 Å². The van der Waals surface area contributed by atoms with Gasteiger partial charge >= 0.3 is 12.6 Å². The molecule has 1 saturated heterocycles. The SMILES string of the molecule is O=C(NCc1ccc(OC(F)F)cc1)Nc1cccc(N2CCCC2)c1. The first-order valence-electron chi connectivity index (χ1n) is 8.54. The Kier molecular flexibility index (Phi) is 5.88. The van der Waals surface area contributed by atoms with Crippen LogP contribution in [0.15, 0.2) is 48.5 Å². The Morgan fingerprint density at radius 1 is 1.12 bits per heavy atom. The molecule has 1 aliphatic rings. The van der Waals surface area contributed by atoms with Gasteiger partial charge in [0.1, 0.15) is 5.75 Å². The number of ether oxygens (including phenoxy) is 1. The van der Waals surface area contributed by atoms with Crippen molar-refractivity contribution in [2.24, 2.45) is 0 Å². The zero-order valence-corrected chi connectivity index (χ0v) is 14.3. The van der Waals surface area contributed by atoms with Crippen molar-refractivity contribution in [3.8, 4) is 5.75 Å². The lowest BCUT2D eigenvalue weighted by Gasteiger charge is -2.18. The molecule has 0 radical (unpaired) electrons. The van der Waals surface area contributed by atoms with Crippen molar-refractivity contribution < 1.29 is 18.3 Å². The van der Waals surface area contributed by atoms with E-state index in [-0.39, 0.29) is 18.3 Å². The molecule has 0 atom stereocenters. The van der Waals surface area contributed by atoms with Gasteiger partial charge in [0.05, 0.1) is 0 Å². The van der Waals surface area contributed by atoms with Crippen molar-refractivity contribution in [1.82, 2.24) is 5.32 Å². The van der Waals surface area contributed by atoms with Gasteiger partial charge in [-0.2, -0.15) is 8.78 Å². The summed E-state index contributed by atoms with van der Waals surface area (Å²) in [6, 6.07) is 13.6. The van der Waals surface area contributed by atoms with Crippen LogP contribution < -0.4 is 20.3 Å². The topological polar surface area (TPSA) is 53.6 Å². The van der Waals surface area contributed by atoms with Crippen LogP contribution in [0.3, 0.4) is 0 Å². The van der Waals surface area contributed by atoms with E-state index in [1.165, 1.54) is 25.0 Å². The molecule has 0 unspecified atom stereocenters.